The van der Waals surface area contributed by atoms with Gasteiger partial charge in [0.25, 0.3) is 0 Å². The van der Waals surface area contributed by atoms with Crippen molar-refractivity contribution in [3.8, 4) is 0 Å². The Labute approximate surface area is 71.7 Å². The Balaban J connectivity index is 2.60. The molecule has 0 rings (SSSR count). The van der Waals surface area contributed by atoms with Crippen LogP contribution in [0.1, 0.15) is 0 Å². The van der Waals surface area contributed by atoms with E-state index < -0.39 is 47.7 Å². The maximum atomic E-state index is 7.72. The Morgan fingerprint density at radius 1 is 0.778 bits per heavy atom. The van der Waals surface area contributed by atoms with E-state index in [1.807, 2.05) is 0 Å². The van der Waals surface area contributed by atoms with Crippen LogP contribution in [0.3, 0.4) is 0 Å². The molecular formula is H2Al3O6. The molecule has 0 aromatic carbocycles. The minimum absolute atomic E-state index is 0.678. The molecule has 0 atom stereocenters. The third-order valence-electron chi connectivity index (χ3n) is 0.308. The topological polar surface area (TPSA) is 77.4 Å². The fourth-order valence-corrected chi connectivity index (χ4v) is 1.72. The molecule has 0 heterocycles. The SMILES string of the molecule is O[O][Al][O][Al][O][Al][O]O. The molecule has 3 radical (unpaired) electrons. The molecule has 9 heteroatoms. The molecule has 0 amide bonds. The van der Waals surface area contributed by atoms with Crippen LogP contribution in [-0.4, -0.2) is 58.2 Å². The predicted octanol–water partition coefficient (Wildman–Crippen LogP) is -1.40. The van der Waals surface area contributed by atoms with Crippen molar-refractivity contribution in [2.45, 2.75) is 0 Å². The van der Waals surface area contributed by atoms with E-state index in [4.69, 9.17) is 10.5 Å². The van der Waals surface area contributed by atoms with Gasteiger partial charge in [0.05, 0.1) is 0 Å². The van der Waals surface area contributed by atoms with Gasteiger partial charge in [0.2, 0.25) is 0 Å². The smallest absolute Gasteiger partial charge is 0.602 e. The van der Waals surface area contributed by atoms with Gasteiger partial charge in [-0.1, -0.05) is 0 Å². The molecule has 0 fully saturated rings. The summed E-state index contributed by atoms with van der Waals surface area (Å²) >= 11 is -2.37. The van der Waals surface area contributed by atoms with Crippen LogP contribution in [0.4, 0.5) is 0 Å². The third kappa shape index (κ3) is 9.36. The second-order valence-corrected chi connectivity index (χ2v) is 3.95. The summed E-state index contributed by atoms with van der Waals surface area (Å²) in [6.07, 6.45) is 0. The minimum Gasteiger partial charge on any atom is -0.602 e. The largest absolute Gasteiger partial charge is 0.671 e. The fourth-order valence-electron chi connectivity index (χ4n) is 0.127. The first-order chi connectivity index (χ1) is 4.41. The summed E-state index contributed by atoms with van der Waals surface area (Å²) in [7, 11) is 0. The van der Waals surface area contributed by atoms with E-state index in [0.717, 1.165) is 0 Å². The summed E-state index contributed by atoms with van der Waals surface area (Å²) in [6.45, 7) is 0. The van der Waals surface area contributed by atoms with E-state index in [2.05, 4.69) is 13.6 Å². The maximum absolute atomic E-state index is 7.72. The second-order valence-electron chi connectivity index (χ2n) is 0.772. The van der Waals surface area contributed by atoms with Crippen molar-refractivity contribution in [3.05, 3.63) is 0 Å². The van der Waals surface area contributed by atoms with Crippen LogP contribution in [0.25, 0.3) is 0 Å². The van der Waals surface area contributed by atoms with Crippen LogP contribution in [0, 0.1) is 0 Å². The van der Waals surface area contributed by atoms with Crippen molar-refractivity contribution in [1.82, 2.24) is 0 Å². The highest BCUT2D eigenvalue weighted by Crippen LogP contribution is 1.69. The minimum atomic E-state index is -0.846. The van der Waals surface area contributed by atoms with E-state index in [0.29, 0.717) is 0 Å². The first-order valence-corrected chi connectivity index (χ1v) is 4.61. The average molecular weight is 179 g/mol. The standard InChI is InChI=1S/3Al.2H2O2.2O/c;;;2*1-2;;/h;;;2*1-2H;;/q;2*+1;;;;/p-2. The molecular weight excluding hydrogens is 177 g/mol. The summed E-state index contributed by atoms with van der Waals surface area (Å²) in [5, 5.41) is 15.4. The van der Waals surface area contributed by atoms with Crippen molar-refractivity contribution in [2.75, 3.05) is 0 Å². The van der Waals surface area contributed by atoms with Crippen molar-refractivity contribution in [1.29, 1.82) is 0 Å². The van der Waals surface area contributed by atoms with Crippen LogP contribution in [-0.2, 0) is 13.6 Å². The molecule has 0 aliphatic rings. The van der Waals surface area contributed by atoms with Crippen molar-refractivity contribution in [2.24, 2.45) is 0 Å². The van der Waals surface area contributed by atoms with Crippen LogP contribution in [0.5, 0.6) is 0 Å². The van der Waals surface area contributed by atoms with Crippen LogP contribution < -0.4 is 0 Å². The van der Waals surface area contributed by atoms with Gasteiger partial charge >= 0.3 is 47.7 Å². The summed E-state index contributed by atoms with van der Waals surface area (Å²) in [5.74, 6) is 0. The summed E-state index contributed by atoms with van der Waals surface area (Å²) < 4.78 is 16.4. The van der Waals surface area contributed by atoms with Gasteiger partial charge in [0, 0.05) is 0 Å². The zero-order valence-corrected chi connectivity index (χ0v) is 7.72. The lowest BCUT2D eigenvalue weighted by molar-refractivity contribution is -0.150. The summed E-state index contributed by atoms with van der Waals surface area (Å²) in [6, 6.07) is 0. The first kappa shape index (κ1) is 10.4. The van der Waals surface area contributed by atoms with Gasteiger partial charge in [-0.2, -0.15) is 0 Å². The molecule has 0 aromatic rings. The third-order valence-corrected chi connectivity index (χ3v) is 2.26. The van der Waals surface area contributed by atoms with Gasteiger partial charge in [-0.3, -0.25) is 10.5 Å². The lowest BCUT2D eigenvalue weighted by Gasteiger charge is -1.97. The molecule has 0 bridgehead atoms. The highest BCUT2D eigenvalue weighted by atomic mass is 27.3. The quantitative estimate of drug-likeness (QED) is 0.226. The highest BCUT2D eigenvalue weighted by molar-refractivity contribution is 6.40. The summed E-state index contributed by atoms with van der Waals surface area (Å²) in [4.78, 5) is 0. The van der Waals surface area contributed by atoms with Gasteiger partial charge in [0.15, 0.2) is 0 Å². The zero-order valence-electron chi connectivity index (χ0n) is 4.26. The molecule has 0 aliphatic heterocycles. The lowest BCUT2D eigenvalue weighted by atomic mass is 15.0. The van der Waals surface area contributed by atoms with Gasteiger partial charge in [-0.25, -0.2) is 0 Å². The molecule has 0 saturated carbocycles. The van der Waals surface area contributed by atoms with Crippen LogP contribution >= 0.6 is 0 Å². The van der Waals surface area contributed by atoms with Crippen molar-refractivity contribution in [3.63, 3.8) is 0 Å². The molecule has 0 aromatic heterocycles. The molecule has 47 valence electrons. The number of hydrogen-bond donors (Lipinski definition) is 2. The predicted molar refractivity (Wildman–Crippen MR) is 26.9 cm³/mol. The van der Waals surface area contributed by atoms with E-state index >= 15 is 0 Å². The van der Waals surface area contributed by atoms with E-state index in [1.54, 1.807) is 0 Å². The van der Waals surface area contributed by atoms with Crippen LogP contribution in [0.15, 0.2) is 0 Å². The molecule has 0 spiro atoms. The number of rotatable bonds is 6. The van der Waals surface area contributed by atoms with Crippen molar-refractivity contribution < 1.29 is 24.1 Å². The molecule has 0 saturated heterocycles. The van der Waals surface area contributed by atoms with Crippen molar-refractivity contribution >= 4 is 47.7 Å². The Morgan fingerprint density at radius 2 is 1.22 bits per heavy atom. The molecule has 6 nitrogen and oxygen atoms in total. The first-order valence-electron chi connectivity index (χ1n) is 1.78. The van der Waals surface area contributed by atoms with E-state index in [-0.39, 0.29) is 0 Å². The van der Waals surface area contributed by atoms with Gasteiger partial charge in [0.1, 0.15) is 0 Å². The number of hydrogen-bond acceptors (Lipinski definition) is 6. The monoisotopic (exact) mass is 179 g/mol. The molecule has 2 N–H and O–H groups in total. The molecule has 9 heavy (non-hydrogen) atoms. The van der Waals surface area contributed by atoms with E-state index in [1.165, 1.54) is 0 Å². The summed E-state index contributed by atoms with van der Waals surface area (Å²) in [5.41, 5.74) is 0. The van der Waals surface area contributed by atoms with Crippen LogP contribution in [0.2, 0.25) is 0 Å². The lowest BCUT2D eigenvalue weighted by Crippen LogP contribution is -2.13. The zero-order chi connectivity index (χ0) is 6.95. The van der Waals surface area contributed by atoms with Gasteiger partial charge in [-0.15, -0.1) is 0 Å². The normalized spacial score (nSPS) is 8.67. The highest BCUT2D eigenvalue weighted by Gasteiger charge is 2.02. The fraction of sp³-hybridized carbons (Fsp3) is 0. The maximum Gasteiger partial charge on any atom is 0.671 e. The Morgan fingerprint density at radius 3 is 1.56 bits per heavy atom. The van der Waals surface area contributed by atoms with Gasteiger partial charge in [-0.05, 0) is 0 Å². The second kappa shape index (κ2) is 9.36. The van der Waals surface area contributed by atoms with E-state index in [9.17, 15) is 0 Å². The Kier molecular flexibility index (Phi) is 10.8. The molecule has 0 aliphatic carbocycles. The van der Waals surface area contributed by atoms with Gasteiger partial charge < -0.3 is 13.6 Å². The Bertz CT molecular complexity index is 41.6. The average Bonchev–Trinajstić information content (AvgIpc) is 1.89. The Hall–Kier alpha value is 1.36. The molecule has 0 unspecified atom stereocenters.